The Bertz CT molecular complexity index is 1560. The Morgan fingerprint density at radius 1 is 0.692 bits per heavy atom. The van der Waals surface area contributed by atoms with Gasteiger partial charge in [0, 0.05) is 23.2 Å². The lowest BCUT2D eigenvalue weighted by atomic mass is 9.95. The van der Waals surface area contributed by atoms with Gasteiger partial charge in [0.05, 0.1) is 29.2 Å². The van der Waals surface area contributed by atoms with E-state index in [2.05, 4.69) is 86.4 Å². The van der Waals surface area contributed by atoms with Crippen molar-refractivity contribution in [3.8, 4) is 11.1 Å². The molecule has 2 saturated heterocycles. The molecule has 2 aliphatic rings. The summed E-state index contributed by atoms with van der Waals surface area (Å²) >= 11 is 3.52. The van der Waals surface area contributed by atoms with Crippen LogP contribution < -0.4 is 0 Å². The molecule has 202 valence electrons. The lowest BCUT2D eigenvalue weighted by molar-refractivity contribution is -0.0296. The molecule has 39 heavy (non-hydrogen) atoms. The zero-order valence-electron chi connectivity index (χ0n) is 22.6. The van der Waals surface area contributed by atoms with Crippen LogP contribution in [-0.4, -0.2) is 32.3 Å². The number of imidazole rings is 2. The van der Waals surface area contributed by atoms with Crippen LogP contribution in [0.3, 0.4) is 0 Å². The highest BCUT2D eigenvalue weighted by molar-refractivity contribution is 9.10. The molecular formula is C32H35BrN4O2. The van der Waals surface area contributed by atoms with E-state index in [9.17, 15) is 0 Å². The Labute approximate surface area is 238 Å². The zero-order valence-corrected chi connectivity index (χ0v) is 24.2. The minimum atomic E-state index is 0.127. The molecule has 0 radical (unpaired) electrons. The van der Waals surface area contributed by atoms with Crippen LogP contribution in [0.4, 0.5) is 0 Å². The summed E-state index contributed by atoms with van der Waals surface area (Å²) < 4.78 is 17.1. The van der Waals surface area contributed by atoms with Gasteiger partial charge in [0.25, 0.3) is 0 Å². The number of aromatic nitrogens is 4. The number of nitrogens with zero attached hydrogens (tertiary/aromatic N) is 4. The molecule has 6 nitrogen and oxygen atoms in total. The van der Waals surface area contributed by atoms with Crippen molar-refractivity contribution in [2.24, 2.45) is 0 Å². The quantitative estimate of drug-likeness (QED) is 0.212. The molecule has 0 amide bonds. The molecule has 5 aromatic rings. The van der Waals surface area contributed by atoms with Gasteiger partial charge in [-0.1, -0.05) is 36.4 Å². The van der Waals surface area contributed by atoms with E-state index < -0.39 is 0 Å². The average Bonchev–Trinajstić information content (AvgIpc) is 3.60. The van der Waals surface area contributed by atoms with Crippen LogP contribution in [0.1, 0.15) is 62.1 Å². The minimum Gasteiger partial charge on any atom is -0.358 e. The summed E-state index contributed by atoms with van der Waals surface area (Å²) in [6.45, 7) is 6.05. The van der Waals surface area contributed by atoms with Crippen molar-refractivity contribution >= 4 is 38.0 Å². The number of para-hydroxylation sites is 2. The molecule has 0 N–H and O–H groups in total. The molecule has 2 aliphatic heterocycles. The first-order valence-corrected chi connectivity index (χ1v) is 14.8. The van der Waals surface area contributed by atoms with Gasteiger partial charge in [-0.3, -0.25) is 0 Å². The summed E-state index contributed by atoms with van der Waals surface area (Å²) in [5.41, 5.74) is 9.48. The number of rotatable bonds is 3. The fourth-order valence-electron chi connectivity index (χ4n) is 5.87. The number of fused-ring (bicyclic) bond motifs is 2. The summed E-state index contributed by atoms with van der Waals surface area (Å²) in [6.07, 6.45) is 11.1. The summed E-state index contributed by atoms with van der Waals surface area (Å²) in [5, 5.41) is 0. The monoisotopic (exact) mass is 586 g/mol. The zero-order chi connectivity index (χ0) is 26.8. The van der Waals surface area contributed by atoms with Crippen molar-refractivity contribution in [3.05, 3.63) is 82.9 Å². The van der Waals surface area contributed by atoms with Crippen LogP contribution in [0.5, 0.6) is 0 Å². The smallest absolute Gasteiger partial charge is 0.135 e. The Kier molecular flexibility index (Phi) is 7.82. The van der Waals surface area contributed by atoms with Crippen molar-refractivity contribution < 1.29 is 9.47 Å². The van der Waals surface area contributed by atoms with Gasteiger partial charge in [-0.25, -0.2) is 9.97 Å². The lowest BCUT2D eigenvalue weighted by Crippen LogP contribution is -2.17. The molecule has 2 atom stereocenters. The van der Waals surface area contributed by atoms with E-state index in [4.69, 9.17) is 14.5 Å². The van der Waals surface area contributed by atoms with Gasteiger partial charge in [-0.2, -0.15) is 0 Å². The Hall–Kier alpha value is -3.00. The van der Waals surface area contributed by atoms with E-state index in [0.29, 0.717) is 0 Å². The Morgan fingerprint density at radius 3 is 1.82 bits per heavy atom. The van der Waals surface area contributed by atoms with Gasteiger partial charge in [-0.15, -0.1) is 0 Å². The molecule has 0 aliphatic carbocycles. The van der Waals surface area contributed by atoms with E-state index in [1.54, 1.807) is 0 Å². The minimum absolute atomic E-state index is 0.127. The summed E-state index contributed by atoms with van der Waals surface area (Å²) in [5.74, 6) is 0. The van der Waals surface area contributed by atoms with Gasteiger partial charge in [0.15, 0.2) is 0 Å². The second-order valence-corrected chi connectivity index (χ2v) is 11.3. The van der Waals surface area contributed by atoms with Crippen molar-refractivity contribution in [1.29, 1.82) is 0 Å². The van der Waals surface area contributed by atoms with Crippen LogP contribution in [0, 0.1) is 13.8 Å². The molecule has 2 unspecified atom stereocenters. The maximum atomic E-state index is 5.95. The van der Waals surface area contributed by atoms with Crippen LogP contribution >= 0.6 is 15.9 Å². The third kappa shape index (κ3) is 5.28. The van der Waals surface area contributed by atoms with Crippen LogP contribution in [0.15, 0.2) is 71.7 Å². The van der Waals surface area contributed by atoms with Gasteiger partial charge in [-0.05, 0) is 103 Å². The second kappa shape index (κ2) is 11.6. The van der Waals surface area contributed by atoms with E-state index in [0.717, 1.165) is 59.0 Å². The number of hydrogen-bond donors (Lipinski definition) is 0. The van der Waals surface area contributed by atoms with Crippen molar-refractivity contribution in [2.75, 3.05) is 13.2 Å². The molecule has 3 aromatic carbocycles. The number of halogens is 1. The molecule has 4 heterocycles. The van der Waals surface area contributed by atoms with Crippen molar-refractivity contribution in [3.63, 3.8) is 0 Å². The van der Waals surface area contributed by atoms with Crippen molar-refractivity contribution in [1.82, 2.24) is 19.1 Å². The standard InChI is InChI=1S/C20H22N2O.C12H13BrN2O/c1-14-7-5-8-15(2)19(14)16-9-6-10-17-20(16)21-13-22(17)18-11-3-4-12-23-18;13-9-4-3-5-10-12(9)14-8-15(10)11-6-1-2-7-16-11/h5-10,13,18H,3-4,11-12H2,1-2H3;3-5,8,11H,1-2,6-7H2. The maximum Gasteiger partial charge on any atom is 0.135 e. The third-order valence-electron chi connectivity index (χ3n) is 7.84. The largest absolute Gasteiger partial charge is 0.358 e. The molecule has 0 bridgehead atoms. The fraction of sp³-hybridized carbons (Fsp3) is 0.375. The van der Waals surface area contributed by atoms with E-state index >= 15 is 0 Å². The highest BCUT2D eigenvalue weighted by Crippen LogP contribution is 2.35. The predicted octanol–water partition coefficient (Wildman–Crippen LogP) is 8.52. The second-order valence-electron chi connectivity index (χ2n) is 10.5. The molecule has 7 heteroatoms. The molecule has 2 aromatic heterocycles. The van der Waals surface area contributed by atoms with Crippen molar-refractivity contribution in [2.45, 2.75) is 64.8 Å². The van der Waals surface area contributed by atoms with E-state index in [1.165, 1.54) is 41.5 Å². The number of ether oxygens (including phenoxy) is 2. The van der Waals surface area contributed by atoms with E-state index in [-0.39, 0.29) is 12.5 Å². The molecule has 2 fully saturated rings. The molecular weight excluding hydrogens is 552 g/mol. The number of benzene rings is 3. The van der Waals surface area contributed by atoms with Gasteiger partial charge < -0.3 is 18.6 Å². The first-order valence-electron chi connectivity index (χ1n) is 14.0. The molecule has 0 spiro atoms. The highest BCUT2D eigenvalue weighted by atomic mass is 79.9. The number of aryl methyl sites for hydroxylation is 2. The third-order valence-corrected chi connectivity index (χ3v) is 8.48. The lowest BCUT2D eigenvalue weighted by Gasteiger charge is -2.24. The average molecular weight is 588 g/mol. The van der Waals surface area contributed by atoms with Crippen LogP contribution in [0.2, 0.25) is 0 Å². The first kappa shape index (κ1) is 26.2. The van der Waals surface area contributed by atoms with Gasteiger partial charge >= 0.3 is 0 Å². The maximum absolute atomic E-state index is 5.95. The fourth-order valence-corrected chi connectivity index (χ4v) is 6.32. The van der Waals surface area contributed by atoms with Crippen LogP contribution in [-0.2, 0) is 9.47 Å². The normalized spacial score (nSPS) is 19.7. The Balaban J connectivity index is 0.000000151. The van der Waals surface area contributed by atoms with Crippen LogP contribution in [0.25, 0.3) is 33.2 Å². The summed E-state index contributed by atoms with van der Waals surface area (Å²) in [7, 11) is 0. The molecule has 0 saturated carbocycles. The first-order chi connectivity index (χ1) is 19.1. The molecule has 7 rings (SSSR count). The highest BCUT2D eigenvalue weighted by Gasteiger charge is 2.20. The summed E-state index contributed by atoms with van der Waals surface area (Å²) in [6, 6.07) is 19.0. The Morgan fingerprint density at radius 2 is 1.23 bits per heavy atom. The summed E-state index contributed by atoms with van der Waals surface area (Å²) in [4.78, 5) is 9.16. The SMILES string of the molecule is Brc1cccc2c1ncn2C1CCCCO1.Cc1cccc(C)c1-c1cccc2c1ncn2C1CCCCO1. The predicted molar refractivity (Wildman–Crippen MR) is 160 cm³/mol. The van der Waals surface area contributed by atoms with E-state index in [1.807, 2.05) is 24.8 Å². The van der Waals surface area contributed by atoms with Gasteiger partial charge in [0.1, 0.15) is 18.0 Å². The topological polar surface area (TPSA) is 54.1 Å². The van der Waals surface area contributed by atoms with Gasteiger partial charge in [0.2, 0.25) is 0 Å². The number of hydrogen-bond acceptors (Lipinski definition) is 4.